The Morgan fingerprint density at radius 2 is 2.29 bits per heavy atom. The molecule has 0 saturated carbocycles. The molecule has 0 bridgehead atoms. The zero-order valence-corrected chi connectivity index (χ0v) is 4.60. The Morgan fingerprint density at radius 3 is 2.43 bits per heavy atom. The van der Waals surface area contributed by atoms with Crippen LogP contribution in [0.25, 0.3) is 0 Å². The van der Waals surface area contributed by atoms with E-state index >= 15 is 0 Å². The molecule has 0 unspecified atom stereocenters. The molecule has 40 valence electrons. The van der Waals surface area contributed by atoms with Gasteiger partial charge in [-0.15, -0.1) is 0 Å². The first kappa shape index (κ1) is 6.14. The van der Waals surface area contributed by atoms with E-state index in [1.54, 1.807) is 7.05 Å². The van der Waals surface area contributed by atoms with Gasteiger partial charge in [-0.25, -0.2) is 0 Å². The predicted molar refractivity (Wildman–Crippen MR) is 28.7 cm³/mol. The molecule has 0 aliphatic carbocycles. The molecular weight excluding hydrogens is 90.1 g/mol. The van der Waals surface area contributed by atoms with Gasteiger partial charge in [-0.1, -0.05) is 11.8 Å². The molecule has 0 aromatic carbocycles. The molecule has 0 aromatic rings. The number of nitrogens with one attached hydrogen (secondary N) is 1. The molecule has 1 N–H and O–H groups in total. The highest BCUT2D eigenvalue weighted by Gasteiger charge is 1.70. The first-order valence-corrected chi connectivity index (χ1v) is 1.97. The van der Waals surface area contributed by atoms with Gasteiger partial charge in [0.2, 0.25) is 0 Å². The molecule has 0 aliphatic rings. The van der Waals surface area contributed by atoms with Gasteiger partial charge in [0.05, 0.1) is 7.05 Å². The van der Waals surface area contributed by atoms with Crippen molar-refractivity contribution in [2.24, 2.45) is 10.3 Å². The maximum Gasteiger partial charge on any atom is 0.0509 e. The lowest BCUT2D eigenvalue weighted by Crippen LogP contribution is -1.96. The summed E-state index contributed by atoms with van der Waals surface area (Å²) in [5, 5.41) is 6.88. The minimum atomic E-state index is 0.797. The second-order valence-electron chi connectivity index (χ2n) is 1.19. The van der Waals surface area contributed by atoms with Gasteiger partial charge in [0, 0.05) is 5.70 Å². The van der Waals surface area contributed by atoms with E-state index in [4.69, 9.17) is 0 Å². The molecular formula is C4H9N3. The lowest BCUT2D eigenvalue weighted by Gasteiger charge is -1.89. The Morgan fingerprint density at radius 1 is 1.71 bits per heavy atom. The first-order chi connectivity index (χ1) is 3.27. The molecule has 7 heavy (non-hydrogen) atoms. The first-order valence-electron chi connectivity index (χ1n) is 1.97. The van der Waals surface area contributed by atoms with Gasteiger partial charge < -0.3 is 0 Å². The van der Waals surface area contributed by atoms with E-state index in [2.05, 4.69) is 22.3 Å². The summed E-state index contributed by atoms with van der Waals surface area (Å²) in [6, 6.07) is 0. The van der Waals surface area contributed by atoms with Gasteiger partial charge in [0.25, 0.3) is 0 Å². The second kappa shape index (κ2) is 3.33. The highest BCUT2D eigenvalue weighted by Crippen LogP contribution is 1.75. The van der Waals surface area contributed by atoms with Crippen LogP contribution in [-0.2, 0) is 0 Å². The quantitative estimate of drug-likeness (QED) is 0.408. The predicted octanol–water partition coefficient (Wildman–Crippen LogP) is 1.11. The highest BCUT2D eigenvalue weighted by molar-refractivity contribution is 4.80. The average Bonchev–Trinajstić information content (AvgIpc) is 1.61. The van der Waals surface area contributed by atoms with Crippen molar-refractivity contribution < 1.29 is 0 Å². The Bertz CT molecular complexity index is 84.9. The van der Waals surface area contributed by atoms with Crippen LogP contribution < -0.4 is 5.43 Å². The van der Waals surface area contributed by atoms with Crippen LogP contribution >= 0.6 is 0 Å². The minimum Gasteiger partial charge on any atom is -0.265 e. The number of rotatable bonds is 2. The van der Waals surface area contributed by atoms with Crippen LogP contribution in [0.2, 0.25) is 0 Å². The maximum atomic E-state index is 3.53. The summed E-state index contributed by atoms with van der Waals surface area (Å²) >= 11 is 0. The van der Waals surface area contributed by atoms with Crippen LogP contribution in [-0.4, -0.2) is 7.05 Å². The fourth-order valence-electron chi connectivity index (χ4n) is 0.135. The number of hydrogen-bond donors (Lipinski definition) is 1. The van der Waals surface area contributed by atoms with E-state index < -0.39 is 0 Å². The normalized spacial score (nSPS) is 9.43. The molecule has 0 aromatic heterocycles. The summed E-state index contributed by atoms with van der Waals surface area (Å²) in [6.45, 7) is 5.34. The van der Waals surface area contributed by atoms with Crippen molar-refractivity contribution >= 4 is 0 Å². The van der Waals surface area contributed by atoms with Crippen LogP contribution in [0.15, 0.2) is 22.6 Å². The highest BCUT2D eigenvalue weighted by atomic mass is 15.4. The summed E-state index contributed by atoms with van der Waals surface area (Å²) in [5.41, 5.74) is 3.36. The Kier molecular flexibility index (Phi) is 2.92. The summed E-state index contributed by atoms with van der Waals surface area (Å²) in [5.74, 6) is 0. The Hall–Kier alpha value is -0.860. The summed E-state index contributed by atoms with van der Waals surface area (Å²) in [6.07, 6.45) is 0. The van der Waals surface area contributed by atoms with Crippen molar-refractivity contribution in [3.05, 3.63) is 12.3 Å². The summed E-state index contributed by atoms with van der Waals surface area (Å²) in [7, 11) is 1.59. The topological polar surface area (TPSA) is 36.8 Å². The molecule has 0 aliphatic heterocycles. The van der Waals surface area contributed by atoms with Gasteiger partial charge >= 0.3 is 0 Å². The van der Waals surface area contributed by atoms with Gasteiger partial charge in [-0.05, 0) is 6.92 Å². The largest absolute Gasteiger partial charge is 0.265 e. The molecule has 0 rings (SSSR count). The maximum absolute atomic E-state index is 3.53. The van der Waals surface area contributed by atoms with Gasteiger partial charge in [0.15, 0.2) is 0 Å². The van der Waals surface area contributed by atoms with Crippen LogP contribution in [0.5, 0.6) is 0 Å². The van der Waals surface area contributed by atoms with Gasteiger partial charge in [-0.3, -0.25) is 5.43 Å². The van der Waals surface area contributed by atoms with E-state index in [9.17, 15) is 0 Å². The molecule has 0 saturated heterocycles. The van der Waals surface area contributed by atoms with E-state index in [0.717, 1.165) is 5.70 Å². The fourth-order valence-corrected chi connectivity index (χ4v) is 0.135. The smallest absolute Gasteiger partial charge is 0.0509 e. The number of hydrogen-bond acceptors (Lipinski definition) is 2. The van der Waals surface area contributed by atoms with E-state index in [0.29, 0.717) is 0 Å². The molecule has 0 amide bonds. The fraction of sp³-hybridized carbons (Fsp3) is 0.500. The van der Waals surface area contributed by atoms with E-state index in [1.807, 2.05) is 6.92 Å². The molecule has 0 heterocycles. The summed E-state index contributed by atoms with van der Waals surface area (Å²) < 4.78 is 0. The van der Waals surface area contributed by atoms with Gasteiger partial charge in [0.1, 0.15) is 0 Å². The van der Waals surface area contributed by atoms with Crippen molar-refractivity contribution in [1.82, 2.24) is 5.43 Å². The van der Waals surface area contributed by atoms with Crippen LogP contribution in [0.1, 0.15) is 6.92 Å². The monoisotopic (exact) mass is 99.1 g/mol. The number of nitrogens with zero attached hydrogens (tertiary/aromatic N) is 2. The third kappa shape index (κ3) is 5.14. The van der Waals surface area contributed by atoms with Crippen LogP contribution in [0, 0.1) is 0 Å². The van der Waals surface area contributed by atoms with Crippen molar-refractivity contribution in [3.63, 3.8) is 0 Å². The van der Waals surface area contributed by atoms with Crippen molar-refractivity contribution in [3.8, 4) is 0 Å². The van der Waals surface area contributed by atoms with Crippen molar-refractivity contribution in [1.29, 1.82) is 0 Å². The molecule has 0 spiro atoms. The number of allylic oxidation sites excluding steroid dienone is 1. The second-order valence-corrected chi connectivity index (χ2v) is 1.19. The third-order valence-electron chi connectivity index (χ3n) is 0.341. The molecule has 0 fully saturated rings. The third-order valence-corrected chi connectivity index (χ3v) is 0.341. The van der Waals surface area contributed by atoms with Crippen molar-refractivity contribution in [2.45, 2.75) is 6.92 Å². The molecule has 3 nitrogen and oxygen atoms in total. The SMILES string of the molecule is C=C(C)N/N=N\C. The van der Waals surface area contributed by atoms with E-state index in [-0.39, 0.29) is 0 Å². The lowest BCUT2D eigenvalue weighted by molar-refractivity contribution is 0.805. The molecule has 0 radical (unpaired) electrons. The molecule has 3 heteroatoms. The Balaban J connectivity index is 3.14. The Labute approximate surface area is 43.1 Å². The standard InChI is InChI=1S/C4H9N3/c1-4(2)6-7-5-3/h1H2,2-3H3,(H,5,6). The minimum absolute atomic E-state index is 0.797. The van der Waals surface area contributed by atoms with E-state index in [1.165, 1.54) is 0 Å². The lowest BCUT2D eigenvalue weighted by atomic mass is 10.6. The average molecular weight is 99.1 g/mol. The van der Waals surface area contributed by atoms with Gasteiger partial charge in [-0.2, -0.15) is 5.11 Å². The van der Waals surface area contributed by atoms with Crippen molar-refractivity contribution in [2.75, 3.05) is 7.05 Å². The zero-order valence-electron chi connectivity index (χ0n) is 4.60. The zero-order chi connectivity index (χ0) is 5.70. The summed E-state index contributed by atoms with van der Waals surface area (Å²) in [4.78, 5) is 0. The van der Waals surface area contributed by atoms with Crippen LogP contribution in [0.4, 0.5) is 0 Å². The van der Waals surface area contributed by atoms with Crippen LogP contribution in [0.3, 0.4) is 0 Å². The molecule has 0 atom stereocenters.